The van der Waals surface area contributed by atoms with E-state index >= 15 is 0 Å². The standard InChI is InChI=1S/C19H35BO3/c1-15(21)18(6)11-8-9-13-19(7,14-10-12-18)20-22-16(2,3)17(4,5)23-20/h8-14H2,1-7H3. The average molecular weight is 322 g/mol. The molecule has 0 aromatic rings. The molecule has 132 valence electrons. The lowest BCUT2D eigenvalue weighted by Crippen LogP contribution is -2.41. The minimum absolute atomic E-state index is 0.0348. The zero-order valence-electron chi connectivity index (χ0n) is 16.3. The van der Waals surface area contributed by atoms with E-state index in [0.29, 0.717) is 5.78 Å². The first kappa shape index (κ1) is 19.0. The van der Waals surface area contributed by atoms with E-state index in [2.05, 4.69) is 41.5 Å². The van der Waals surface area contributed by atoms with Crippen molar-refractivity contribution in [2.45, 2.75) is 110 Å². The van der Waals surface area contributed by atoms with Gasteiger partial charge < -0.3 is 9.31 Å². The molecule has 1 saturated heterocycles. The highest BCUT2D eigenvalue weighted by molar-refractivity contribution is 6.49. The highest BCUT2D eigenvalue weighted by atomic mass is 16.7. The van der Waals surface area contributed by atoms with Crippen LogP contribution in [-0.2, 0) is 14.1 Å². The lowest BCUT2D eigenvalue weighted by molar-refractivity contribution is -0.126. The van der Waals surface area contributed by atoms with E-state index in [4.69, 9.17) is 9.31 Å². The highest BCUT2D eigenvalue weighted by Crippen LogP contribution is 2.51. The van der Waals surface area contributed by atoms with Gasteiger partial charge in [-0.2, -0.15) is 0 Å². The Labute approximate surface area is 143 Å². The van der Waals surface area contributed by atoms with Crippen molar-refractivity contribution in [2.75, 3.05) is 0 Å². The number of Topliss-reactive ketones (excluding diaryl/α,β-unsaturated/α-hetero) is 1. The molecule has 0 N–H and O–H groups in total. The minimum Gasteiger partial charge on any atom is -0.403 e. The van der Waals surface area contributed by atoms with Crippen molar-refractivity contribution < 1.29 is 14.1 Å². The van der Waals surface area contributed by atoms with Crippen LogP contribution in [0.2, 0.25) is 5.31 Å². The molecule has 0 spiro atoms. The quantitative estimate of drug-likeness (QED) is 0.657. The predicted molar refractivity (Wildman–Crippen MR) is 95.6 cm³/mol. The van der Waals surface area contributed by atoms with Crippen LogP contribution >= 0.6 is 0 Å². The molecule has 1 heterocycles. The van der Waals surface area contributed by atoms with Gasteiger partial charge in [0.05, 0.1) is 11.2 Å². The highest BCUT2D eigenvalue weighted by Gasteiger charge is 2.57. The maximum absolute atomic E-state index is 12.0. The van der Waals surface area contributed by atoms with Gasteiger partial charge in [0.2, 0.25) is 0 Å². The number of carbonyl (C=O) groups is 1. The fraction of sp³-hybridized carbons (Fsp3) is 0.947. The van der Waals surface area contributed by atoms with Gasteiger partial charge in [-0.05, 0) is 60.3 Å². The van der Waals surface area contributed by atoms with Crippen molar-refractivity contribution in [2.24, 2.45) is 5.41 Å². The molecule has 3 nitrogen and oxygen atoms in total. The van der Waals surface area contributed by atoms with Crippen molar-refractivity contribution in [3.8, 4) is 0 Å². The summed E-state index contributed by atoms with van der Waals surface area (Å²) in [7, 11) is -0.144. The van der Waals surface area contributed by atoms with Crippen LogP contribution in [0.3, 0.4) is 0 Å². The third-order valence-corrected chi connectivity index (χ3v) is 6.88. The van der Waals surface area contributed by atoms with Gasteiger partial charge >= 0.3 is 7.12 Å². The molecule has 2 atom stereocenters. The fourth-order valence-corrected chi connectivity index (χ4v) is 3.89. The molecular formula is C19H35BO3. The summed E-state index contributed by atoms with van der Waals surface area (Å²) in [6.45, 7) is 14.7. The van der Waals surface area contributed by atoms with Gasteiger partial charge in [0.25, 0.3) is 0 Å². The average Bonchev–Trinajstić information content (AvgIpc) is 2.67. The zero-order chi connectivity index (χ0) is 17.5. The van der Waals surface area contributed by atoms with Gasteiger partial charge in [0.15, 0.2) is 0 Å². The van der Waals surface area contributed by atoms with Crippen LogP contribution in [0.4, 0.5) is 0 Å². The van der Waals surface area contributed by atoms with Gasteiger partial charge in [-0.15, -0.1) is 0 Å². The minimum atomic E-state index is -0.271. The second-order valence-electron chi connectivity index (χ2n) is 9.42. The van der Waals surface area contributed by atoms with Crippen LogP contribution in [0.1, 0.15) is 93.4 Å². The Balaban J connectivity index is 2.12. The molecule has 0 bridgehead atoms. The fourth-order valence-electron chi connectivity index (χ4n) is 3.89. The number of rotatable bonds is 2. The molecule has 1 aliphatic carbocycles. The molecule has 2 aliphatic rings. The summed E-state index contributed by atoms with van der Waals surface area (Å²) in [5.74, 6) is 0.344. The monoisotopic (exact) mass is 322 g/mol. The first-order chi connectivity index (χ1) is 10.4. The Morgan fingerprint density at radius 1 is 0.783 bits per heavy atom. The Hall–Kier alpha value is -0.345. The Morgan fingerprint density at radius 2 is 1.22 bits per heavy atom. The second-order valence-corrected chi connectivity index (χ2v) is 9.42. The summed E-state index contributed by atoms with van der Waals surface area (Å²) in [5, 5.41) is 0.0348. The van der Waals surface area contributed by atoms with Crippen molar-refractivity contribution in [3.05, 3.63) is 0 Å². The van der Waals surface area contributed by atoms with Gasteiger partial charge in [0.1, 0.15) is 5.78 Å². The van der Waals surface area contributed by atoms with Gasteiger partial charge in [-0.3, -0.25) is 4.79 Å². The molecule has 23 heavy (non-hydrogen) atoms. The van der Waals surface area contributed by atoms with E-state index in [1.54, 1.807) is 6.92 Å². The number of hydrogen-bond acceptors (Lipinski definition) is 3. The maximum Gasteiger partial charge on any atom is 0.464 e. The van der Waals surface area contributed by atoms with Crippen LogP contribution < -0.4 is 0 Å². The molecule has 2 fully saturated rings. The summed E-state index contributed by atoms with van der Waals surface area (Å²) in [5.41, 5.74) is -0.679. The van der Waals surface area contributed by atoms with Crippen LogP contribution in [0, 0.1) is 5.41 Å². The van der Waals surface area contributed by atoms with Crippen molar-refractivity contribution in [1.82, 2.24) is 0 Å². The lowest BCUT2D eigenvalue weighted by Gasteiger charge is -2.32. The summed E-state index contributed by atoms with van der Waals surface area (Å²) in [6.07, 6.45) is 7.50. The second kappa shape index (κ2) is 6.18. The lowest BCUT2D eigenvalue weighted by atomic mass is 9.54. The molecule has 0 aromatic heterocycles. The van der Waals surface area contributed by atoms with Crippen LogP contribution in [0.25, 0.3) is 0 Å². The van der Waals surface area contributed by atoms with Crippen molar-refractivity contribution in [1.29, 1.82) is 0 Å². The van der Waals surface area contributed by atoms with E-state index in [0.717, 1.165) is 44.9 Å². The molecule has 0 radical (unpaired) electrons. The smallest absolute Gasteiger partial charge is 0.403 e. The third-order valence-electron chi connectivity index (χ3n) is 6.88. The van der Waals surface area contributed by atoms with Crippen LogP contribution in [-0.4, -0.2) is 24.1 Å². The normalized spacial score (nSPS) is 37.8. The molecule has 4 heteroatoms. The Kier molecular flexibility index (Phi) is 5.10. The van der Waals surface area contributed by atoms with Gasteiger partial charge in [-0.25, -0.2) is 0 Å². The topological polar surface area (TPSA) is 35.5 Å². The van der Waals surface area contributed by atoms with Crippen molar-refractivity contribution >= 4 is 12.9 Å². The van der Waals surface area contributed by atoms with Crippen molar-refractivity contribution in [3.63, 3.8) is 0 Å². The van der Waals surface area contributed by atoms with E-state index < -0.39 is 0 Å². The van der Waals surface area contributed by atoms with E-state index in [1.807, 2.05) is 0 Å². The summed E-state index contributed by atoms with van der Waals surface area (Å²) in [4.78, 5) is 12.0. The molecule has 1 aliphatic heterocycles. The number of hydrogen-bond donors (Lipinski definition) is 0. The van der Waals surface area contributed by atoms with Gasteiger partial charge in [-0.1, -0.05) is 33.1 Å². The predicted octanol–water partition coefficient (Wildman–Crippen LogP) is 5.18. The third kappa shape index (κ3) is 3.68. The van der Waals surface area contributed by atoms with E-state index in [9.17, 15) is 4.79 Å². The molecule has 0 amide bonds. The zero-order valence-corrected chi connectivity index (χ0v) is 16.3. The van der Waals surface area contributed by atoms with E-state index in [-0.39, 0.29) is 29.0 Å². The summed E-state index contributed by atoms with van der Waals surface area (Å²) < 4.78 is 12.7. The number of carbonyl (C=O) groups excluding carboxylic acids is 1. The maximum atomic E-state index is 12.0. The Morgan fingerprint density at radius 3 is 1.74 bits per heavy atom. The summed E-state index contributed by atoms with van der Waals surface area (Å²) in [6, 6.07) is 0. The largest absolute Gasteiger partial charge is 0.464 e. The molecule has 2 rings (SSSR count). The van der Waals surface area contributed by atoms with E-state index in [1.165, 1.54) is 0 Å². The Bertz CT molecular complexity index is 444. The van der Waals surface area contributed by atoms with Gasteiger partial charge in [0, 0.05) is 10.7 Å². The van der Waals surface area contributed by atoms with Crippen LogP contribution in [0.15, 0.2) is 0 Å². The molecule has 0 aromatic carbocycles. The number of ketones is 1. The molecular weight excluding hydrogens is 287 g/mol. The first-order valence-electron chi connectivity index (χ1n) is 9.29. The summed E-state index contributed by atoms with van der Waals surface area (Å²) >= 11 is 0. The molecule has 2 unspecified atom stereocenters. The first-order valence-corrected chi connectivity index (χ1v) is 9.29. The molecule has 1 saturated carbocycles. The SMILES string of the molecule is CC(=O)C1(C)CCCCC(C)(B2OC(C)(C)C(C)(C)O2)CCC1. The van der Waals surface area contributed by atoms with Crippen LogP contribution in [0.5, 0.6) is 0 Å².